The third-order valence-corrected chi connectivity index (χ3v) is 3.34. The molecule has 0 bridgehead atoms. The molecule has 0 aromatic heterocycles. The van der Waals surface area contributed by atoms with Gasteiger partial charge in [-0.15, -0.1) is 0 Å². The van der Waals surface area contributed by atoms with E-state index in [4.69, 9.17) is 4.74 Å². The number of hydrogen-bond acceptors (Lipinski definition) is 2. The van der Waals surface area contributed by atoms with Gasteiger partial charge in [0.1, 0.15) is 5.75 Å². The normalized spacial score (nSPS) is 10.6. The minimum absolute atomic E-state index is 0.353. The molecule has 1 rings (SSSR count). The van der Waals surface area contributed by atoms with Crippen molar-refractivity contribution in [2.24, 2.45) is 0 Å². The molecule has 0 aliphatic rings. The number of alkyl halides is 1. The number of rotatable bonds is 7. The lowest BCUT2D eigenvalue weighted by Gasteiger charge is -2.12. The summed E-state index contributed by atoms with van der Waals surface area (Å²) in [6.45, 7) is 3.86. The van der Waals surface area contributed by atoms with Crippen molar-refractivity contribution in [1.82, 2.24) is 5.32 Å². The lowest BCUT2D eigenvalue weighted by molar-refractivity contribution is 0.286. The van der Waals surface area contributed by atoms with E-state index in [1.165, 1.54) is 5.56 Å². The Hall–Kier alpha value is -0.130. The molecule has 0 unspecified atom stereocenters. The molecule has 0 aliphatic heterocycles. The quantitative estimate of drug-likeness (QED) is 0.733. The van der Waals surface area contributed by atoms with Gasteiger partial charge in [0.25, 0.3) is 0 Å². The Morgan fingerprint density at radius 2 is 1.94 bits per heavy atom. The van der Waals surface area contributed by atoms with Crippen LogP contribution in [0, 0.1) is 0 Å². The number of benzene rings is 1. The first-order chi connectivity index (χ1) is 8.19. The third-order valence-electron chi connectivity index (χ3n) is 2.16. The van der Waals surface area contributed by atoms with Crippen LogP contribution in [0.1, 0.15) is 18.9 Å². The van der Waals surface area contributed by atoms with Crippen molar-refractivity contribution in [1.29, 1.82) is 0 Å². The Morgan fingerprint density at radius 3 is 2.47 bits per heavy atom. The molecule has 1 aromatic rings. The minimum atomic E-state index is -0.353. The van der Waals surface area contributed by atoms with Crippen LogP contribution in [0.4, 0.5) is 4.39 Å². The second kappa shape index (κ2) is 8.06. The van der Waals surface area contributed by atoms with E-state index < -0.39 is 0 Å². The first-order valence-corrected chi connectivity index (χ1v) is 7.15. The van der Waals surface area contributed by atoms with Gasteiger partial charge in [0.05, 0.1) is 22.2 Å². The van der Waals surface area contributed by atoms with Crippen LogP contribution in [0.25, 0.3) is 0 Å². The van der Waals surface area contributed by atoms with Gasteiger partial charge in [-0.05, 0) is 56.1 Å². The summed E-state index contributed by atoms with van der Waals surface area (Å²) in [5.41, 5.74) is 1.17. The van der Waals surface area contributed by atoms with E-state index >= 15 is 0 Å². The van der Waals surface area contributed by atoms with Crippen LogP contribution in [0.5, 0.6) is 5.75 Å². The van der Waals surface area contributed by atoms with Gasteiger partial charge in [-0.2, -0.15) is 0 Å². The lowest BCUT2D eigenvalue weighted by atomic mass is 10.2. The Balaban J connectivity index is 2.72. The van der Waals surface area contributed by atoms with Gasteiger partial charge in [-0.1, -0.05) is 6.92 Å². The molecule has 2 nitrogen and oxygen atoms in total. The summed E-state index contributed by atoms with van der Waals surface area (Å²) in [5, 5.41) is 3.26. The van der Waals surface area contributed by atoms with Crippen molar-refractivity contribution in [3.05, 3.63) is 26.6 Å². The molecule has 0 saturated carbocycles. The molecule has 0 aliphatic carbocycles. The summed E-state index contributed by atoms with van der Waals surface area (Å²) >= 11 is 6.93. The highest BCUT2D eigenvalue weighted by atomic mass is 79.9. The summed E-state index contributed by atoms with van der Waals surface area (Å²) in [7, 11) is 0. The van der Waals surface area contributed by atoms with Crippen molar-refractivity contribution in [2.45, 2.75) is 19.9 Å². The second-order valence-corrected chi connectivity index (χ2v) is 5.27. The lowest BCUT2D eigenvalue weighted by Crippen LogP contribution is -2.11. The Kier molecular flexibility index (Phi) is 7.08. The van der Waals surface area contributed by atoms with Crippen LogP contribution < -0.4 is 10.1 Å². The van der Waals surface area contributed by atoms with Gasteiger partial charge in [0, 0.05) is 13.0 Å². The van der Waals surface area contributed by atoms with E-state index in [-0.39, 0.29) is 6.67 Å². The molecular weight excluding hydrogens is 353 g/mol. The third kappa shape index (κ3) is 4.94. The van der Waals surface area contributed by atoms with E-state index in [2.05, 4.69) is 44.1 Å². The van der Waals surface area contributed by atoms with Crippen molar-refractivity contribution in [3.63, 3.8) is 0 Å². The van der Waals surface area contributed by atoms with Crippen LogP contribution in [-0.4, -0.2) is 19.8 Å². The predicted molar refractivity (Wildman–Crippen MR) is 75.3 cm³/mol. The first kappa shape index (κ1) is 14.9. The minimum Gasteiger partial charge on any atom is -0.491 e. The summed E-state index contributed by atoms with van der Waals surface area (Å²) in [6.07, 6.45) is 0.415. The van der Waals surface area contributed by atoms with Crippen LogP contribution in [-0.2, 0) is 6.54 Å². The van der Waals surface area contributed by atoms with E-state index in [0.717, 1.165) is 27.8 Å². The van der Waals surface area contributed by atoms with E-state index in [9.17, 15) is 4.39 Å². The number of halogens is 3. The van der Waals surface area contributed by atoms with E-state index in [1.54, 1.807) is 0 Å². The van der Waals surface area contributed by atoms with Crippen molar-refractivity contribution in [2.75, 3.05) is 19.8 Å². The van der Waals surface area contributed by atoms with Gasteiger partial charge in [0.15, 0.2) is 0 Å². The molecule has 0 heterocycles. The Morgan fingerprint density at radius 1 is 1.29 bits per heavy atom. The molecule has 0 saturated heterocycles. The zero-order chi connectivity index (χ0) is 12.7. The maximum Gasteiger partial charge on any atom is 0.147 e. The highest BCUT2D eigenvalue weighted by molar-refractivity contribution is 9.11. The monoisotopic (exact) mass is 367 g/mol. The van der Waals surface area contributed by atoms with Crippen LogP contribution >= 0.6 is 31.9 Å². The summed E-state index contributed by atoms with van der Waals surface area (Å²) in [6, 6.07) is 4.02. The van der Waals surface area contributed by atoms with Crippen LogP contribution in [0.2, 0.25) is 0 Å². The van der Waals surface area contributed by atoms with Crippen LogP contribution in [0.3, 0.4) is 0 Å². The van der Waals surface area contributed by atoms with Gasteiger partial charge >= 0.3 is 0 Å². The first-order valence-electron chi connectivity index (χ1n) is 5.56. The van der Waals surface area contributed by atoms with Crippen LogP contribution in [0.15, 0.2) is 21.1 Å². The summed E-state index contributed by atoms with van der Waals surface area (Å²) < 4.78 is 19.3. The van der Waals surface area contributed by atoms with Crippen molar-refractivity contribution in [3.8, 4) is 5.75 Å². The predicted octanol–water partition coefficient (Wildman–Crippen LogP) is 4.06. The molecule has 96 valence electrons. The number of ether oxygens (including phenoxy) is 1. The standard InChI is InChI=1S/C12H16Br2FNO/c1-2-16-8-9-6-10(13)12(11(14)7-9)17-5-3-4-15/h6-7,16H,2-5,8H2,1H3. The molecule has 0 radical (unpaired) electrons. The largest absolute Gasteiger partial charge is 0.491 e. The number of hydrogen-bond donors (Lipinski definition) is 1. The maximum absolute atomic E-state index is 12.0. The topological polar surface area (TPSA) is 21.3 Å². The average Bonchev–Trinajstić information content (AvgIpc) is 2.30. The fraction of sp³-hybridized carbons (Fsp3) is 0.500. The molecule has 0 spiro atoms. The van der Waals surface area contributed by atoms with Gasteiger partial charge in [-0.25, -0.2) is 0 Å². The second-order valence-electron chi connectivity index (χ2n) is 3.56. The molecular formula is C12H16Br2FNO. The molecule has 0 amide bonds. The smallest absolute Gasteiger partial charge is 0.147 e. The van der Waals surface area contributed by atoms with Gasteiger partial charge in [-0.3, -0.25) is 4.39 Å². The maximum atomic E-state index is 12.0. The van der Waals surface area contributed by atoms with Crippen molar-refractivity contribution >= 4 is 31.9 Å². The summed E-state index contributed by atoms with van der Waals surface area (Å²) in [4.78, 5) is 0. The molecule has 1 aromatic carbocycles. The van der Waals surface area contributed by atoms with E-state index in [0.29, 0.717) is 13.0 Å². The van der Waals surface area contributed by atoms with Gasteiger partial charge < -0.3 is 10.1 Å². The Bertz CT molecular complexity index is 337. The average molecular weight is 369 g/mol. The van der Waals surface area contributed by atoms with Gasteiger partial charge in [0.2, 0.25) is 0 Å². The number of nitrogens with one attached hydrogen (secondary N) is 1. The van der Waals surface area contributed by atoms with E-state index in [1.807, 2.05) is 12.1 Å². The molecule has 5 heteroatoms. The summed E-state index contributed by atoms with van der Waals surface area (Å²) in [5.74, 6) is 0.735. The zero-order valence-corrected chi connectivity index (χ0v) is 12.9. The fourth-order valence-corrected chi connectivity index (χ4v) is 2.86. The molecule has 17 heavy (non-hydrogen) atoms. The zero-order valence-electron chi connectivity index (χ0n) is 9.73. The fourth-order valence-electron chi connectivity index (χ4n) is 1.35. The molecule has 0 fully saturated rings. The highest BCUT2D eigenvalue weighted by Crippen LogP contribution is 2.34. The molecule has 0 atom stereocenters. The molecule has 1 N–H and O–H groups in total. The highest BCUT2D eigenvalue weighted by Gasteiger charge is 2.08. The van der Waals surface area contributed by atoms with Crippen molar-refractivity contribution < 1.29 is 9.13 Å². The Labute approximate surface area is 118 Å². The SMILES string of the molecule is CCNCc1cc(Br)c(OCCCF)c(Br)c1.